The van der Waals surface area contributed by atoms with Gasteiger partial charge in [0.2, 0.25) is 5.91 Å². The first kappa shape index (κ1) is 16.7. The molecule has 1 rings (SSSR count). The lowest BCUT2D eigenvalue weighted by Crippen LogP contribution is -2.45. The molecule has 0 aliphatic heterocycles. The molecule has 0 radical (unpaired) electrons. The molecule has 0 saturated heterocycles. The maximum atomic E-state index is 12.2. The van der Waals surface area contributed by atoms with Crippen LogP contribution in [0, 0.1) is 11.8 Å². The minimum Gasteiger partial charge on any atom is -0.344 e. The second-order valence-electron chi connectivity index (χ2n) is 4.47. The van der Waals surface area contributed by atoms with E-state index < -0.39 is 6.04 Å². The van der Waals surface area contributed by atoms with Gasteiger partial charge >= 0.3 is 0 Å². The monoisotopic (exact) mass is 288 g/mol. The first-order valence-electron chi connectivity index (χ1n) is 6.70. The number of carbonyl (C=O) groups is 2. The zero-order valence-corrected chi connectivity index (χ0v) is 12.5. The number of nitrogens with one attached hydrogen (secondary N) is 1. The van der Waals surface area contributed by atoms with Crippen molar-refractivity contribution in [1.29, 1.82) is 0 Å². The molecule has 1 aromatic rings. The van der Waals surface area contributed by atoms with Crippen molar-refractivity contribution >= 4 is 11.8 Å². The highest BCUT2D eigenvalue weighted by molar-refractivity contribution is 5.99. The van der Waals surface area contributed by atoms with Gasteiger partial charge < -0.3 is 16.0 Å². The Kier molecular flexibility index (Phi) is 6.37. The minimum atomic E-state index is -0.606. The average Bonchev–Trinajstić information content (AvgIpc) is 2.51. The fraction of sp³-hybridized carbons (Fsp3) is 0.400. The predicted octanol–water partition coefficient (Wildman–Crippen LogP) is -0.0116. The van der Waals surface area contributed by atoms with Crippen molar-refractivity contribution < 1.29 is 9.59 Å². The standard InChI is InChI=1S/C15H20N4O2/c1-4-19(3)15(21)11(2)18-14(20)13-7-9-17-10-12(13)6-5-8-16/h7,9-11H,4,8,16H2,1-3H3,(H,18,20). The lowest BCUT2D eigenvalue weighted by molar-refractivity contribution is -0.131. The first-order chi connectivity index (χ1) is 10.0. The smallest absolute Gasteiger partial charge is 0.253 e. The third-order valence-electron chi connectivity index (χ3n) is 2.96. The van der Waals surface area contributed by atoms with Crippen LogP contribution in [0.3, 0.4) is 0 Å². The number of amides is 2. The van der Waals surface area contributed by atoms with E-state index in [1.54, 1.807) is 24.9 Å². The van der Waals surface area contributed by atoms with Crippen molar-refractivity contribution in [2.24, 2.45) is 5.73 Å². The maximum Gasteiger partial charge on any atom is 0.253 e. The molecular formula is C15H20N4O2. The van der Waals surface area contributed by atoms with Gasteiger partial charge in [-0.3, -0.25) is 14.6 Å². The molecule has 0 bridgehead atoms. The molecular weight excluding hydrogens is 268 g/mol. The molecule has 1 unspecified atom stereocenters. The van der Waals surface area contributed by atoms with Crippen molar-refractivity contribution in [1.82, 2.24) is 15.2 Å². The number of hydrogen-bond donors (Lipinski definition) is 2. The summed E-state index contributed by atoms with van der Waals surface area (Å²) in [6.07, 6.45) is 3.01. The van der Waals surface area contributed by atoms with E-state index in [1.807, 2.05) is 6.92 Å². The Hall–Kier alpha value is -2.39. The van der Waals surface area contributed by atoms with Crippen LogP contribution in [-0.2, 0) is 4.79 Å². The van der Waals surface area contributed by atoms with E-state index in [-0.39, 0.29) is 18.4 Å². The van der Waals surface area contributed by atoms with Crippen LogP contribution < -0.4 is 11.1 Å². The lowest BCUT2D eigenvalue weighted by atomic mass is 10.1. The summed E-state index contributed by atoms with van der Waals surface area (Å²) in [5.41, 5.74) is 6.20. The van der Waals surface area contributed by atoms with Crippen LogP contribution in [-0.4, -0.2) is 47.9 Å². The Balaban J connectivity index is 2.87. The zero-order chi connectivity index (χ0) is 15.8. The fourth-order valence-electron chi connectivity index (χ4n) is 1.66. The molecule has 0 spiro atoms. The summed E-state index contributed by atoms with van der Waals surface area (Å²) in [4.78, 5) is 29.7. The Labute approximate surface area is 124 Å². The third-order valence-corrected chi connectivity index (χ3v) is 2.96. The molecule has 1 atom stereocenters. The molecule has 0 aliphatic carbocycles. The van der Waals surface area contributed by atoms with E-state index in [2.05, 4.69) is 22.1 Å². The summed E-state index contributed by atoms with van der Waals surface area (Å²) < 4.78 is 0. The Bertz CT molecular complexity index is 575. The van der Waals surface area contributed by atoms with E-state index in [1.165, 1.54) is 12.4 Å². The van der Waals surface area contributed by atoms with Gasteiger partial charge in [0.25, 0.3) is 5.91 Å². The summed E-state index contributed by atoms with van der Waals surface area (Å²) in [6, 6.07) is 0.960. The van der Waals surface area contributed by atoms with Crippen LogP contribution in [0.1, 0.15) is 29.8 Å². The number of carbonyl (C=O) groups excluding carboxylic acids is 2. The summed E-state index contributed by atoms with van der Waals surface area (Å²) in [6.45, 7) is 4.31. The van der Waals surface area contributed by atoms with Gasteiger partial charge in [0.1, 0.15) is 6.04 Å². The van der Waals surface area contributed by atoms with Gasteiger partial charge in [-0.05, 0) is 19.9 Å². The van der Waals surface area contributed by atoms with E-state index in [0.29, 0.717) is 17.7 Å². The SMILES string of the molecule is CCN(C)C(=O)C(C)NC(=O)c1ccncc1C#CCN. The highest BCUT2D eigenvalue weighted by atomic mass is 16.2. The number of likely N-dealkylation sites (N-methyl/N-ethyl adjacent to an activating group) is 1. The number of hydrogen-bond acceptors (Lipinski definition) is 4. The van der Waals surface area contributed by atoms with Gasteiger partial charge in [0.15, 0.2) is 0 Å². The normalized spacial score (nSPS) is 11.0. The Morgan fingerprint density at radius 3 is 2.86 bits per heavy atom. The number of nitrogens with zero attached hydrogens (tertiary/aromatic N) is 2. The van der Waals surface area contributed by atoms with Gasteiger partial charge in [-0.25, -0.2) is 0 Å². The minimum absolute atomic E-state index is 0.144. The molecule has 2 amide bonds. The molecule has 0 saturated carbocycles. The van der Waals surface area contributed by atoms with Gasteiger partial charge in [-0.15, -0.1) is 0 Å². The van der Waals surface area contributed by atoms with Crippen molar-refractivity contribution in [2.45, 2.75) is 19.9 Å². The maximum absolute atomic E-state index is 12.2. The van der Waals surface area contributed by atoms with Crippen LogP contribution in [0.2, 0.25) is 0 Å². The Morgan fingerprint density at radius 1 is 1.52 bits per heavy atom. The second-order valence-corrected chi connectivity index (χ2v) is 4.47. The fourth-order valence-corrected chi connectivity index (χ4v) is 1.66. The molecule has 1 aromatic heterocycles. The van der Waals surface area contributed by atoms with Crippen LogP contribution >= 0.6 is 0 Å². The average molecular weight is 288 g/mol. The Morgan fingerprint density at radius 2 is 2.24 bits per heavy atom. The van der Waals surface area contributed by atoms with Gasteiger partial charge in [-0.1, -0.05) is 11.8 Å². The largest absolute Gasteiger partial charge is 0.344 e. The van der Waals surface area contributed by atoms with E-state index in [4.69, 9.17) is 5.73 Å². The predicted molar refractivity (Wildman–Crippen MR) is 80.4 cm³/mol. The van der Waals surface area contributed by atoms with E-state index >= 15 is 0 Å². The van der Waals surface area contributed by atoms with Crippen molar-refractivity contribution in [3.05, 3.63) is 29.6 Å². The van der Waals surface area contributed by atoms with E-state index in [9.17, 15) is 9.59 Å². The van der Waals surface area contributed by atoms with E-state index in [0.717, 1.165) is 0 Å². The molecule has 21 heavy (non-hydrogen) atoms. The molecule has 6 heteroatoms. The number of aromatic nitrogens is 1. The highest BCUT2D eigenvalue weighted by Gasteiger charge is 2.20. The number of rotatable bonds is 4. The van der Waals surface area contributed by atoms with Gasteiger partial charge in [0, 0.05) is 26.0 Å². The van der Waals surface area contributed by atoms with Crippen molar-refractivity contribution in [3.63, 3.8) is 0 Å². The third kappa shape index (κ3) is 4.58. The zero-order valence-electron chi connectivity index (χ0n) is 12.5. The molecule has 1 heterocycles. The molecule has 0 aromatic carbocycles. The van der Waals surface area contributed by atoms with Crippen LogP contribution in [0.5, 0.6) is 0 Å². The quantitative estimate of drug-likeness (QED) is 0.763. The summed E-state index contributed by atoms with van der Waals surface area (Å²) >= 11 is 0. The van der Waals surface area contributed by atoms with Crippen molar-refractivity contribution in [3.8, 4) is 11.8 Å². The molecule has 3 N–H and O–H groups in total. The van der Waals surface area contributed by atoms with Crippen LogP contribution in [0.4, 0.5) is 0 Å². The summed E-state index contributed by atoms with van der Waals surface area (Å²) in [5, 5.41) is 2.67. The number of nitrogens with two attached hydrogens (primary N) is 1. The summed E-state index contributed by atoms with van der Waals surface area (Å²) in [5.74, 6) is 4.98. The molecule has 0 fully saturated rings. The summed E-state index contributed by atoms with van der Waals surface area (Å²) in [7, 11) is 1.69. The first-order valence-corrected chi connectivity index (χ1v) is 6.70. The van der Waals surface area contributed by atoms with Crippen LogP contribution in [0.25, 0.3) is 0 Å². The second kappa shape index (κ2) is 8.02. The topological polar surface area (TPSA) is 88.3 Å². The van der Waals surface area contributed by atoms with Gasteiger partial charge in [0.05, 0.1) is 17.7 Å². The van der Waals surface area contributed by atoms with Gasteiger partial charge in [-0.2, -0.15) is 0 Å². The lowest BCUT2D eigenvalue weighted by Gasteiger charge is -2.20. The van der Waals surface area contributed by atoms with Crippen LogP contribution in [0.15, 0.2) is 18.5 Å². The van der Waals surface area contributed by atoms with Crippen molar-refractivity contribution in [2.75, 3.05) is 20.1 Å². The highest BCUT2D eigenvalue weighted by Crippen LogP contribution is 2.06. The molecule has 112 valence electrons. The number of pyridine rings is 1. The molecule has 6 nitrogen and oxygen atoms in total. The molecule has 0 aliphatic rings.